The highest BCUT2D eigenvalue weighted by Crippen LogP contribution is 2.26. The van der Waals surface area contributed by atoms with Gasteiger partial charge in [0.25, 0.3) is 0 Å². The molecule has 0 amide bonds. The molecule has 0 spiro atoms. The fourth-order valence-corrected chi connectivity index (χ4v) is 2.21. The van der Waals surface area contributed by atoms with Crippen LogP contribution in [-0.2, 0) is 0 Å². The number of nitrogens with one attached hydrogen (secondary N) is 1. The van der Waals surface area contributed by atoms with Gasteiger partial charge in [0.15, 0.2) is 0 Å². The van der Waals surface area contributed by atoms with Crippen LogP contribution in [0, 0.1) is 5.92 Å². The zero-order chi connectivity index (χ0) is 11.8. The molecule has 1 aliphatic carbocycles. The van der Waals surface area contributed by atoms with E-state index in [0.717, 1.165) is 25.4 Å². The van der Waals surface area contributed by atoms with Crippen LogP contribution in [0.1, 0.15) is 25.7 Å². The Morgan fingerprint density at radius 1 is 1.69 bits per heavy atom. The summed E-state index contributed by atoms with van der Waals surface area (Å²) >= 11 is 0. The first-order valence-corrected chi connectivity index (χ1v) is 6.67. The second-order valence-electron chi connectivity index (χ2n) is 4.14. The molecule has 0 saturated carbocycles. The lowest BCUT2D eigenvalue weighted by Gasteiger charge is -2.16. The number of hydrogen-bond donors (Lipinski definition) is 1. The van der Waals surface area contributed by atoms with Crippen molar-refractivity contribution in [2.75, 3.05) is 6.16 Å². The minimum atomic E-state index is 0.0662. The van der Waals surface area contributed by atoms with Gasteiger partial charge in [0.2, 0.25) is 0 Å². The maximum atomic E-state index is 13.0. The van der Waals surface area contributed by atoms with Crippen molar-refractivity contribution in [1.82, 2.24) is 5.32 Å². The Morgan fingerprint density at radius 3 is 3.12 bits per heavy atom. The van der Waals surface area contributed by atoms with Crippen LogP contribution >= 0.6 is 9.24 Å². The minimum absolute atomic E-state index is 0.0662. The predicted molar refractivity (Wildman–Crippen MR) is 72.0 cm³/mol. The summed E-state index contributed by atoms with van der Waals surface area (Å²) in [5.74, 6) is 0.454. The van der Waals surface area contributed by atoms with Crippen LogP contribution in [0.2, 0.25) is 0 Å². The van der Waals surface area contributed by atoms with Crippen molar-refractivity contribution in [2.24, 2.45) is 5.92 Å². The highest BCUT2D eigenvalue weighted by Gasteiger charge is 2.11. The Kier molecular flexibility index (Phi) is 6.40. The molecule has 3 unspecified atom stereocenters. The van der Waals surface area contributed by atoms with Gasteiger partial charge in [0, 0.05) is 6.04 Å². The van der Waals surface area contributed by atoms with E-state index < -0.39 is 0 Å². The van der Waals surface area contributed by atoms with Crippen molar-refractivity contribution in [1.29, 1.82) is 0 Å². The van der Waals surface area contributed by atoms with E-state index in [2.05, 4.69) is 33.3 Å². The third-order valence-electron chi connectivity index (χ3n) is 2.80. The molecular weight excluding hydrogens is 220 g/mol. The zero-order valence-corrected chi connectivity index (χ0v) is 10.8. The summed E-state index contributed by atoms with van der Waals surface area (Å²) in [7, 11) is 2.70. The van der Waals surface area contributed by atoms with Crippen molar-refractivity contribution in [3.8, 4) is 0 Å². The zero-order valence-electron chi connectivity index (χ0n) is 9.66. The van der Waals surface area contributed by atoms with Gasteiger partial charge >= 0.3 is 0 Å². The molecule has 3 atom stereocenters. The Labute approximate surface area is 100 Å². The number of rotatable bonds is 6. The molecule has 0 bridgehead atoms. The molecule has 0 saturated heterocycles. The van der Waals surface area contributed by atoms with Gasteiger partial charge in [-0.1, -0.05) is 18.7 Å². The molecule has 0 heterocycles. The molecule has 0 fully saturated rings. The molecule has 90 valence electrons. The summed E-state index contributed by atoms with van der Waals surface area (Å²) < 4.78 is 13.0. The Bertz CT molecular complexity index is 273. The minimum Gasteiger partial charge on any atom is -0.385 e. The Hall–Kier alpha value is -0.620. The van der Waals surface area contributed by atoms with Crippen LogP contribution in [0.4, 0.5) is 4.39 Å². The normalized spacial score (nSPS) is 22.9. The molecule has 0 aliphatic heterocycles. The summed E-state index contributed by atoms with van der Waals surface area (Å²) in [6.07, 6.45) is 12.4. The SMILES string of the molecule is C=CNC(/C=C\CC1C=C(F)CCC1)CP. The van der Waals surface area contributed by atoms with E-state index >= 15 is 0 Å². The molecule has 1 nitrogen and oxygen atoms in total. The first-order valence-electron chi connectivity index (χ1n) is 5.86. The monoisotopic (exact) mass is 241 g/mol. The van der Waals surface area contributed by atoms with E-state index in [4.69, 9.17) is 0 Å². The molecule has 0 aromatic heterocycles. The smallest absolute Gasteiger partial charge is 0.0962 e. The molecule has 3 heteroatoms. The molecule has 1 rings (SSSR count). The van der Waals surface area contributed by atoms with Crippen molar-refractivity contribution in [3.05, 3.63) is 36.8 Å². The standard InChI is InChI=1S/C13H21FNP/c1-2-15-13(10-16)8-4-6-11-5-3-7-12(14)9-11/h2,4,8-9,11,13,15H,1,3,5-7,10,16H2/b8-4-. The van der Waals surface area contributed by atoms with Crippen molar-refractivity contribution >= 4 is 9.24 Å². The van der Waals surface area contributed by atoms with Crippen LogP contribution in [0.5, 0.6) is 0 Å². The summed E-state index contributed by atoms with van der Waals surface area (Å²) in [4.78, 5) is 0. The summed E-state index contributed by atoms with van der Waals surface area (Å²) in [5, 5.41) is 3.15. The second-order valence-corrected chi connectivity index (χ2v) is 4.61. The maximum Gasteiger partial charge on any atom is 0.0962 e. The van der Waals surface area contributed by atoms with Crippen LogP contribution in [0.15, 0.2) is 36.8 Å². The van der Waals surface area contributed by atoms with E-state index in [1.807, 2.05) is 0 Å². The average molecular weight is 241 g/mol. The summed E-state index contributed by atoms with van der Waals surface area (Å²) in [6, 6.07) is 0.319. The van der Waals surface area contributed by atoms with Crippen LogP contribution in [-0.4, -0.2) is 12.2 Å². The number of hydrogen-bond acceptors (Lipinski definition) is 1. The van der Waals surface area contributed by atoms with E-state index in [1.54, 1.807) is 12.3 Å². The molecule has 1 N–H and O–H groups in total. The van der Waals surface area contributed by atoms with Crippen LogP contribution in [0.3, 0.4) is 0 Å². The third-order valence-corrected chi connectivity index (χ3v) is 3.31. The van der Waals surface area contributed by atoms with Crippen molar-refractivity contribution in [3.63, 3.8) is 0 Å². The number of allylic oxidation sites excluding steroid dienone is 3. The van der Waals surface area contributed by atoms with Gasteiger partial charge in [-0.15, -0.1) is 9.24 Å². The van der Waals surface area contributed by atoms with E-state index in [-0.39, 0.29) is 5.83 Å². The van der Waals surface area contributed by atoms with Gasteiger partial charge in [-0.2, -0.15) is 0 Å². The lowest BCUT2D eigenvalue weighted by atomic mass is 9.92. The summed E-state index contributed by atoms with van der Waals surface area (Å²) in [6.45, 7) is 3.64. The van der Waals surface area contributed by atoms with Crippen LogP contribution < -0.4 is 5.32 Å². The van der Waals surface area contributed by atoms with Gasteiger partial charge in [0.1, 0.15) is 0 Å². The lowest BCUT2D eigenvalue weighted by molar-refractivity contribution is 0.463. The van der Waals surface area contributed by atoms with Crippen LogP contribution in [0.25, 0.3) is 0 Å². The quantitative estimate of drug-likeness (QED) is 0.554. The van der Waals surface area contributed by atoms with Gasteiger partial charge in [-0.25, -0.2) is 4.39 Å². The molecule has 1 aliphatic rings. The van der Waals surface area contributed by atoms with E-state index in [0.29, 0.717) is 18.4 Å². The Morgan fingerprint density at radius 2 is 2.50 bits per heavy atom. The fraction of sp³-hybridized carbons (Fsp3) is 0.538. The van der Waals surface area contributed by atoms with Gasteiger partial charge in [-0.3, -0.25) is 0 Å². The molecule has 16 heavy (non-hydrogen) atoms. The second kappa shape index (κ2) is 7.62. The molecule has 0 aromatic carbocycles. The van der Waals surface area contributed by atoms with E-state index in [9.17, 15) is 4.39 Å². The molecule has 0 aromatic rings. The maximum absolute atomic E-state index is 13.0. The Balaban J connectivity index is 2.34. The predicted octanol–water partition coefficient (Wildman–Crippen LogP) is 3.56. The summed E-state index contributed by atoms with van der Waals surface area (Å²) in [5.41, 5.74) is 0. The average Bonchev–Trinajstić information content (AvgIpc) is 2.28. The largest absolute Gasteiger partial charge is 0.385 e. The van der Waals surface area contributed by atoms with Gasteiger partial charge in [0.05, 0.1) is 5.83 Å². The first kappa shape index (κ1) is 13.4. The lowest BCUT2D eigenvalue weighted by Crippen LogP contribution is -2.22. The van der Waals surface area contributed by atoms with Gasteiger partial charge in [-0.05, 0) is 50.0 Å². The third kappa shape index (κ3) is 4.94. The number of halogens is 1. The highest BCUT2D eigenvalue weighted by atomic mass is 31.0. The highest BCUT2D eigenvalue weighted by molar-refractivity contribution is 7.16. The molecule has 0 radical (unpaired) electrons. The van der Waals surface area contributed by atoms with Crippen molar-refractivity contribution in [2.45, 2.75) is 31.7 Å². The molecular formula is C13H21FNP. The van der Waals surface area contributed by atoms with E-state index in [1.165, 1.54) is 0 Å². The van der Waals surface area contributed by atoms with Gasteiger partial charge < -0.3 is 5.32 Å². The fourth-order valence-electron chi connectivity index (χ4n) is 1.91. The topological polar surface area (TPSA) is 12.0 Å². The first-order chi connectivity index (χ1) is 7.76. The van der Waals surface area contributed by atoms with Crippen molar-refractivity contribution < 1.29 is 4.39 Å².